The Bertz CT molecular complexity index is 529. The number of benzene rings is 1. The average molecular weight is 305 g/mol. The highest BCUT2D eigenvalue weighted by atomic mass is 16.6. The smallest absolute Gasteiger partial charge is 0.410 e. The van der Waals surface area contributed by atoms with E-state index >= 15 is 0 Å². The first kappa shape index (κ1) is 16.6. The maximum absolute atomic E-state index is 12.1. The van der Waals surface area contributed by atoms with E-state index in [1.54, 1.807) is 4.90 Å². The summed E-state index contributed by atoms with van der Waals surface area (Å²) in [6, 6.07) is 6.37. The second-order valence-electron chi connectivity index (χ2n) is 6.79. The normalized spacial score (nSPS) is 15.9. The molecule has 0 atom stereocenters. The van der Waals surface area contributed by atoms with Crippen molar-refractivity contribution in [3.8, 4) is 0 Å². The van der Waals surface area contributed by atoms with E-state index in [0.29, 0.717) is 19.6 Å². The number of anilines is 1. The highest BCUT2D eigenvalue weighted by molar-refractivity contribution is 5.69. The Balaban J connectivity index is 1.99. The van der Waals surface area contributed by atoms with E-state index in [2.05, 4.69) is 30.0 Å². The van der Waals surface area contributed by atoms with E-state index in [1.165, 1.54) is 11.3 Å². The minimum atomic E-state index is -0.447. The molecule has 0 unspecified atom stereocenters. The van der Waals surface area contributed by atoms with Crippen LogP contribution >= 0.6 is 0 Å². The van der Waals surface area contributed by atoms with Crippen LogP contribution in [-0.4, -0.2) is 42.8 Å². The summed E-state index contributed by atoms with van der Waals surface area (Å²) >= 11 is 0. The molecule has 1 saturated heterocycles. The molecule has 2 N–H and O–H groups in total. The van der Waals surface area contributed by atoms with Crippen molar-refractivity contribution >= 4 is 11.8 Å². The van der Waals surface area contributed by atoms with Gasteiger partial charge >= 0.3 is 6.09 Å². The number of aryl methyl sites for hydroxylation is 1. The predicted molar refractivity (Wildman–Crippen MR) is 89.1 cm³/mol. The molecule has 1 fully saturated rings. The number of ether oxygens (including phenoxy) is 1. The number of nitrogens with two attached hydrogens (primary N) is 1. The molecule has 0 aliphatic carbocycles. The summed E-state index contributed by atoms with van der Waals surface area (Å²) in [5.41, 5.74) is 8.97. The van der Waals surface area contributed by atoms with Crippen molar-refractivity contribution in [2.75, 3.05) is 31.1 Å². The fraction of sp³-hybridized carbons (Fsp3) is 0.588. The fourth-order valence-corrected chi connectivity index (χ4v) is 2.64. The Labute approximate surface area is 133 Å². The molecule has 1 aromatic rings. The molecule has 1 amide bonds. The largest absolute Gasteiger partial charge is 0.444 e. The lowest BCUT2D eigenvalue weighted by molar-refractivity contribution is 0.0240. The average Bonchev–Trinajstić information content (AvgIpc) is 2.45. The second-order valence-corrected chi connectivity index (χ2v) is 6.79. The van der Waals surface area contributed by atoms with Crippen LogP contribution < -0.4 is 10.6 Å². The molecule has 0 bridgehead atoms. The molecule has 1 aliphatic heterocycles. The fourth-order valence-electron chi connectivity index (χ4n) is 2.64. The van der Waals surface area contributed by atoms with Crippen LogP contribution in [-0.2, 0) is 11.3 Å². The van der Waals surface area contributed by atoms with Gasteiger partial charge in [-0.1, -0.05) is 17.7 Å². The summed E-state index contributed by atoms with van der Waals surface area (Å²) in [6.45, 7) is 11.2. The van der Waals surface area contributed by atoms with Crippen molar-refractivity contribution in [1.29, 1.82) is 0 Å². The summed E-state index contributed by atoms with van der Waals surface area (Å²) in [4.78, 5) is 16.2. The van der Waals surface area contributed by atoms with Crippen molar-refractivity contribution in [3.05, 3.63) is 29.3 Å². The monoisotopic (exact) mass is 305 g/mol. The molecular weight excluding hydrogens is 278 g/mol. The number of hydrogen-bond donors (Lipinski definition) is 1. The molecule has 5 nitrogen and oxygen atoms in total. The zero-order chi connectivity index (χ0) is 16.3. The Morgan fingerprint density at radius 3 is 2.41 bits per heavy atom. The van der Waals surface area contributed by atoms with Crippen molar-refractivity contribution < 1.29 is 9.53 Å². The summed E-state index contributed by atoms with van der Waals surface area (Å²) in [7, 11) is 0. The van der Waals surface area contributed by atoms with Crippen LogP contribution in [0.15, 0.2) is 18.2 Å². The Hall–Kier alpha value is -1.75. The van der Waals surface area contributed by atoms with Gasteiger partial charge in [0.25, 0.3) is 0 Å². The van der Waals surface area contributed by atoms with Gasteiger partial charge in [-0.25, -0.2) is 4.79 Å². The number of hydrogen-bond acceptors (Lipinski definition) is 4. The SMILES string of the molecule is Cc1ccc(N2CCN(C(=O)OC(C)(C)C)CC2)c(CN)c1. The standard InChI is InChI=1S/C17H27N3O2/c1-13-5-6-15(14(11-13)12-18)19-7-9-20(10-8-19)16(21)22-17(2,3)4/h5-6,11H,7-10,12,18H2,1-4H3. The minimum Gasteiger partial charge on any atom is -0.444 e. The van der Waals surface area contributed by atoms with Gasteiger partial charge in [0, 0.05) is 38.4 Å². The lowest BCUT2D eigenvalue weighted by Gasteiger charge is -2.37. The lowest BCUT2D eigenvalue weighted by atomic mass is 10.1. The first-order chi connectivity index (χ1) is 10.3. The number of carbonyl (C=O) groups excluding carboxylic acids is 1. The van der Waals surface area contributed by atoms with E-state index in [4.69, 9.17) is 10.5 Å². The van der Waals surface area contributed by atoms with Gasteiger partial charge in [-0.3, -0.25) is 0 Å². The predicted octanol–water partition coefficient (Wildman–Crippen LogP) is 2.51. The third kappa shape index (κ3) is 4.13. The highest BCUT2D eigenvalue weighted by Crippen LogP contribution is 2.23. The summed E-state index contributed by atoms with van der Waals surface area (Å²) in [5, 5.41) is 0. The maximum atomic E-state index is 12.1. The maximum Gasteiger partial charge on any atom is 0.410 e. The van der Waals surface area contributed by atoms with E-state index in [1.807, 2.05) is 20.8 Å². The molecule has 1 aliphatic rings. The quantitative estimate of drug-likeness (QED) is 0.912. The Morgan fingerprint density at radius 1 is 1.23 bits per heavy atom. The zero-order valence-corrected chi connectivity index (χ0v) is 14.1. The van der Waals surface area contributed by atoms with Gasteiger partial charge < -0.3 is 20.3 Å². The number of piperazine rings is 1. The summed E-state index contributed by atoms with van der Waals surface area (Å²) in [5.74, 6) is 0. The van der Waals surface area contributed by atoms with Crippen molar-refractivity contribution in [2.24, 2.45) is 5.73 Å². The van der Waals surface area contributed by atoms with Gasteiger partial charge in [0.05, 0.1) is 0 Å². The number of amides is 1. The number of nitrogens with zero attached hydrogens (tertiary/aromatic N) is 2. The van der Waals surface area contributed by atoms with E-state index in [0.717, 1.165) is 18.7 Å². The van der Waals surface area contributed by atoms with Crippen LogP contribution in [0, 0.1) is 6.92 Å². The van der Waals surface area contributed by atoms with Gasteiger partial charge in [-0.05, 0) is 39.3 Å². The highest BCUT2D eigenvalue weighted by Gasteiger charge is 2.26. The topological polar surface area (TPSA) is 58.8 Å². The van der Waals surface area contributed by atoms with Crippen molar-refractivity contribution in [3.63, 3.8) is 0 Å². The minimum absolute atomic E-state index is 0.227. The van der Waals surface area contributed by atoms with Crippen LogP contribution in [0.2, 0.25) is 0 Å². The van der Waals surface area contributed by atoms with Crippen LogP contribution in [0.4, 0.5) is 10.5 Å². The Kier molecular flexibility index (Phi) is 4.96. The molecule has 0 radical (unpaired) electrons. The van der Waals surface area contributed by atoms with Gasteiger partial charge in [0.2, 0.25) is 0 Å². The molecule has 0 aromatic heterocycles. The number of carbonyl (C=O) groups is 1. The van der Waals surface area contributed by atoms with Crippen LogP contribution in [0.3, 0.4) is 0 Å². The van der Waals surface area contributed by atoms with Gasteiger partial charge in [0.15, 0.2) is 0 Å². The Morgan fingerprint density at radius 2 is 1.86 bits per heavy atom. The zero-order valence-electron chi connectivity index (χ0n) is 14.1. The molecular formula is C17H27N3O2. The van der Waals surface area contributed by atoms with Crippen LogP contribution in [0.5, 0.6) is 0 Å². The van der Waals surface area contributed by atoms with E-state index in [9.17, 15) is 4.79 Å². The van der Waals surface area contributed by atoms with E-state index in [-0.39, 0.29) is 6.09 Å². The van der Waals surface area contributed by atoms with Gasteiger partial charge in [0.1, 0.15) is 5.60 Å². The van der Waals surface area contributed by atoms with Gasteiger partial charge in [-0.15, -0.1) is 0 Å². The number of rotatable bonds is 2. The molecule has 5 heteroatoms. The molecule has 1 aromatic carbocycles. The molecule has 0 spiro atoms. The molecule has 0 saturated carbocycles. The first-order valence-corrected chi connectivity index (χ1v) is 7.82. The third-order valence-electron chi connectivity index (χ3n) is 3.73. The summed E-state index contributed by atoms with van der Waals surface area (Å²) in [6.07, 6.45) is -0.227. The van der Waals surface area contributed by atoms with Crippen molar-refractivity contribution in [2.45, 2.75) is 39.8 Å². The summed E-state index contributed by atoms with van der Waals surface area (Å²) < 4.78 is 5.43. The molecule has 22 heavy (non-hydrogen) atoms. The molecule has 1 heterocycles. The molecule has 122 valence electrons. The second kappa shape index (κ2) is 6.57. The van der Waals surface area contributed by atoms with E-state index < -0.39 is 5.60 Å². The van der Waals surface area contributed by atoms with Gasteiger partial charge in [-0.2, -0.15) is 0 Å². The lowest BCUT2D eigenvalue weighted by Crippen LogP contribution is -2.50. The first-order valence-electron chi connectivity index (χ1n) is 7.82. The third-order valence-corrected chi connectivity index (χ3v) is 3.73. The van der Waals surface area contributed by atoms with Crippen molar-refractivity contribution in [1.82, 2.24) is 4.90 Å². The van der Waals surface area contributed by atoms with Crippen LogP contribution in [0.25, 0.3) is 0 Å². The van der Waals surface area contributed by atoms with Crippen LogP contribution in [0.1, 0.15) is 31.9 Å². The molecule has 2 rings (SSSR count).